The summed E-state index contributed by atoms with van der Waals surface area (Å²) in [6.45, 7) is 0.843. The first-order valence-electron chi connectivity index (χ1n) is 5.55. The molecule has 0 unspecified atom stereocenters. The van der Waals surface area contributed by atoms with E-state index < -0.39 is 17.6 Å². The Morgan fingerprint density at radius 3 is 2.47 bits per heavy atom. The molecule has 0 aliphatic carbocycles. The fraction of sp³-hybridized carbons (Fsp3) is 0.455. The van der Waals surface area contributed by atoms with Gasteiger partial charge in [0.15, 0.2) is 0 Å². The van der Waals surface area contributed by atoms with Crippen LogP contribution in [0, 0.1) is 10.1 Å². The second kappa shape index (κ2) is 5.87. The molecule has 0 heterocycles. The number of alkyl halides is 3. The molecule has 0 spiro atoms. The number of hydrogen-bond donors (Lipinski definition) is 1. The van der Waals surface area contributed by atoms with Crippen LogP contribution in [0.15, 0.2) is 18.2 Å². The Balaban J connectivity index is 2.81. The quantitative estimate of drug-likeness (QED) is 0.510. The van der Waals surface area contributed by atoms with Crippen LogP contribution in [-0.2, 0) is 6.54 Å². The zero-order chi connectivity index (χ0) is 14.6. The molecule has 0 aliphatic heterocycles. The van der Waals surface area contributed by atoms with Crippen LogP contribution >= 0.6 is 0 Å². The van der Waals surface area contributed by atoms with Gasteiger partial charge in [-0.1, -0.05) is 13.0 Å². The standard InChI is InChI=1S/C11H14F3N3O2/c1-2-16(7-11(12,13)14)6-8-3-4-10(17(18)19)9(15)5-8/h3-5H,2,6-7,15H2,1H3. The first kappa shape index (κ1) is 15.2. The molecule has 0 aromatic heterocycles. The highest BCUT2D eigenvalue weighted by molar-refractivity contribution is 5.59. The number of benzene rings is 1. The van der Waals surface area contributed by atoms with Crippen LogP contribution in [-0.4, -0.2) is 29.1 Å². The van der Waals surface area contributed by atoms with Crippen molar-refractivity contribution in [3.8, 4) is 0 Å². The minimum absolute atomic E-state index is 0.0399. The van der Waals surface area contributed by atoms with Crippen molar-refractivity contribution >= 4 is 11.4 Å². The Morgan fingerprint density at radius 1 is 1.42 bits per heavy atom. The van der Waals surface area contributed by atoms with E-state index in [1.165, 1.54) is 23.1 Å². The number of nitrogens with two attached hydrogens (primary N) is 1. The van der Waals surface area contributed by atoms with Gasteiger partial charge in [0.25, 0.3) is 5.69 Å². The molecule has 8 heteroatoms. The minimum Gasteiger partial charge on any atom is -0.393 e. The van der Waals surface area contributed by atoms with Crippen LogP contribution in [0.2, 0.25) is 0 Å². The molecule has 19 heavy (non-hydrogen) atoms. The molecular weight excluding hydrogens is 263 g/mol. The summed E-state index contributed by atoms with van der Waals surface area (Å²) in [4.78, 5) is 11.1. The molecule has 5 nitrogen and oxygen atoms in total. The zero-order valence-corrected chi connectivity index (χ0v) is 10.3. The molecule has 0 atom stereocenters. The van der Waals surface area contributed by atoms with Crippen molar-refractivity contribution in [1.29, 1.82) is 0 Å². The second-order valence-electron chi connectivity index (χ2n) is 4.07. The topological polar surface area (TPSA) is 72.4 Å². The van der Waals surface area contributed by atoms with Crippen LogP contribution < -0.4 is 5.73 Å². The highest BCUT2D eigenvalue weighted by atomic mass is 19.4. The van der Waals surface area contributed by atoms with Gasteiger partial charge < -0.3 is 5.73 Å². The summed E-state index contributed by atoms with van der Waals surface area (Å²) in [5.41, 5.74) is 5.69. The molecular formula is C11H14F3N3O2. The van der Waals surface area contributed by atoms with Crippen molar-refractivity contribution in [2.75, 3.05) is 18.8 Å². The summed E-state index contributed by atoms with van der Waals surface area (Å²) >= 11 is 0. The van der Waals surface area contributed by atoms with Gasteiger partial charge in [-0.2, -0.15) is 13.2 Å². The van der Waals surface area contributed by atoms with Gasteiger partial charge in [0.1, 0.15) is 5.69 Å². The van der Waals surface area contributed by atoms with E-state index in [2.05, 4.69) is 0 Å². The third-order valence-electron chi connectivity index (χ3n) is 2.54. The third kappa shape index (κ3) is 4.74. The van der Waals surface area contributed by atoms with E-state index in [1.807, 2.05) is 0 Å². The molecule has 1 aromatic rings. The van der Waals surface area contributed by atoms with Crippen LogP contribution in [0.5, 0.6) is 0 Å². The SMILES string of the molecule is CCN(Cc1ccc([N+](=O)[O-])c(N)c1)CC(F)(F)F. The monoisotopic (exact) mass is 277 g/mol. The molecule has 0 saturated carbocycles. The third-order valence-corrected chi connectivity index (χ3v) is 2.54. The largest absolute Gasteiger partial charge is 0.401 e. The number of nitrogen functional groups attached to an aromatic ring is 1. The van der Waals surface area contributed by atoms with Crippen molar-refractivity contribution in [1.82, 2.24) is 4.90 Å². The van der Waals surface area contributed by atoms with Crippen LogP contribution in [0.4, 0.5) is 24.5 Å². The van der Waals surface area contributed by atoms with E-state index in [0.717, 1.165) is 0 Å². The highest BCUT2D eigenvalue weighted by Crippen LogP contribution is 2.24. The Morgan fingerprint density at radius 2 is 2.05 bits per heavy atom. The number of nitrogens with zero attached hydrogens (tertiary/aromatic N) is 2. The van der Waals surface area contributed by atoms with Gasteiger partial charge in [0.05, 0.1) is 11.5 Å². The summed E-state index contributed by atoms with van der Waals surface area (Å²) < 4.78 is 36.9. The highest BCUT2D eigenvalue weighted by Gasteiger charge is 2.30. The molecule has 0 fully saturated rings. The first-order chi connectivity index (χ1) is 8.73. The first-order valence-corrected chi connectivity index (χ1v) is 5.55. The summed E-state index contributed by atoms with van der Waals surface area (Å²) in [6.07, 6.45) is -4.28. The number of nitro groups is 1. The Kier molecular flexibility index (Phi) is 4.71. The lowest BCUT2D eigenvalue weighted by Crippen LogP contribution is -2.33. The maximum Gasteiger partial charge on any atom is 0.401 e. The Bertz CT molecular complexity index is 463. The summed E-state index contributed by atoms with van der Waals surface area (Å²) in [5.74, 6) is 0. The molecule has 0 amide bonds. The molecule has 0 radical (unpaired) electrons. The predicted octanol–water partition coefficient (Wildman–Crippen LogP) is 2.56. The fourth-order valence-electron chi connectivity index (χ4n) is 1.66. The van der Waals surface area contributed by atoms with Gasteiger partial charge in [0.2, 0.25) is 0 Å². The van der Waals surface area contributed by atoms with Crippen molar-refractivity contribution in [3.63, 3.8) is 0 Å². The van der Waals surface area contributed by atoms with E-state index >= 15 is 0 Å². The number of hydrogen-bond acceptors (Lipinski definition) is 4. The lowest BCUT2D eigenvalue weighted by atomic mass is 10.1. The molecule has 0 saturated heterocycles. The van der Waals surface area contributed by atoms with E-state index in [4.69, 9.17) is 5.73 Å². The average Bonchev–Trinajstić information content (AvgIpc) is 2.25. The van der Waals surface area contributed by atoms with E-state index in [-0.39, 0.29) is 24.5 Å². The van der Waals surface area contributed by atoms with Crippen molar-refractivity contribution in [3.05, 3.63) is 33.9 Å². The van der Waals surface area contributed by atoms with Gasteiger partial charge in [-0.15, -0.1) is 0 Å². The smallest absolute Gasteiger partial charge is 0.393 e. The van der Waals surface area contributed by atoms with Crippen molar-refractivity contribution in [2.45, 2.75) is 19.6 Å². The van der Waals surface area contributed by atoms with Crippen molar-refractivity contribution in [2.24, 2.45) is 0 Å². The van der Waals surface area contributed by atoms with Crippen molar-refractivity contribution < 1.29 is 18.1 Å². The normalized spacial score (nSPS) is 11.8. The fourth-order valence-corrected chi connectivity index (χ4v) is 1.66. The molecule has 2 N–H and O–H groups in total. The molecule has 106 valence electrons. The van der Waals surface area contributed by atoms with E-state index in [9.17, 15) is 23.3 Å². The second-order valence-corrected chi connectivity index (χ2v) is 4.07. The number of halogens is 3. The molecule has 0 aliphatic rings. The lowest BCUT2D eigenvalue weighted by Gasteiger charge is -2.21. The summed E-state index contributed by atoms with van der Waals surface area (Å²) in [5, 5.41) is 10.6. The Labute approximate surface area is 108 Å². The minimum atomic E-state index is -4.28. The summed E-state index contributed by atoms with van der Waals surface area (Å²) in [7, 11) is 0. The van der Waals surface area contributed by atoms with Gasteiger partial charge in [-0.25, -0.2) is 0 Å². The lowest BCUT2D eigenvalue weighted by molar-refractivity contribution is -0.383. The summed E-state index contributed by atoms with van der Waals surface area (Å²) in [6, 6.07) is 3.94. The van der Waals surface area contributed by atoms with Crippen LogP contribution in [0.1, 0.15) is 12.5 Å². The molecule has 1 aromatic carbocycles. The number of nitro benzene ring substituents is 1. The van der Waals surface area contributed by atoms with Crippen LogP contribution in [0.3, 0.4) is 0 Å². The van der Waals surface area contributed by atoms with Gasteiger partial charge in [0, 0.05) is 12.6 Å². The van der Waals surface area contributed by atoms with Gasteiger partial charge in [-0.05, 0) is 18.2 Å². The van der Waals surface area contributed by atoms with E-state index in [1.54, 1.807) is 6.92 Å². The maximum absolute atomic E-state index is 12.3. The zero-order valence-electron chi connectivity index (χ0n) is 10.3. The predicted molar refractivity (Wildman–Crippen MR) is 64.5 cm³/mol. The van der Waals surface area contributed by atoms with Crippen LogP contribution in [0.25, 0.3) is 0 Å². The van der Waals surface area contributed by atoms with Gasteiger partial charge >= 0.3 is 6.18 Å². The number of rotatable bonds is 5. The molecule has 0 bridgehead atoms. The van der Waals surface area contributed by atoms with Gasteiger partial charge in [-0.3, -0.25) is 15.0 Å². The maximum atomic E-state index is 12.3. The average molecular weight is 277 g/mol. The molecule has 1 rings (SSSR count). The Hall–Kier alpha value is -1.83. The number of anilines is 1. The van der Waals surface area contributed by atoms with E-state index in [0.29, 0.717) is 5.56 Å².